The van der Waals surface area contributed by atoms with Gasteiger partial charge in [-0.05, 0) is 31.6 Å². The summed E-state index contributed by atoms with van der Waals surface area (Å²) in [5.41, 5.74) is 7.00. The molecule has 2 aromatic carbocycles. The van der Waals surface area contributed by atoms with Crippen molar-refractivity contribution >= 4 is 29.0 Å². The normalized spacial score (nSPS) is 16.1. The molecule has 0 bridgehead atoms. The number of carboxylic acids is 2. The van der Waals surface area contributed by atoms with Crippen LogP contribution in [0.25, 0.3) is 0 Å². The Kier molecular flexibility index (Phi) is 21.8. The van der Waals surface area contributed by atoms with E-state index in [0.717, 1.165) is 0 Å². The number of nitrogens with zero attached hydrogens (tertiary/aromatic N) is 2. The largest absolute Gasteiger partial charge is 0.481 e. The number of rotatable bonds is 33. The van der Waals surface area contributed by atoms with Crippen molar-refractivity contribution in [2.24, 2.45) is 0 Å². The first kappa shape index (κ1) is 49.4. The van der Waals surface area contributed by atoms with E-state index in [1.165, 1.54) is 33.9 Å². The quantitative estimate of drug-likeness (QED) is 0.0495. The third kappa shape index (κ3) is 16.2. The van der Waals surface area contributed by atoms with Crippen LogP contribution in [0.2, 0.25) is 0 Å². The Morgan fingerprint density at radius 3 is 1.56 bits per heavy atom. The first-order chi connectivity index (χ1) is 29.5. The molecule has 4 rings (SSSR count). The number of hydrogen-bond donors (Lipinski definition) is 2. The van der Waals surface area contributed by atoms with Crippen molar-refractivity contribution in [3.05, 3.63) is 95.7 Å². The zero-order chi connectivity index (χ0) is 43.8. The lowest BCUT2D eigenvalue weighted by molar-refractivity contribution is -0.442. The molecular formula is C47H67N2O12+. The van der Waals surface area contributed by atoms with Crippen LogP contribution >= 0.6 is 0 Å². The molecule has 0 amide bonds. The van der Waals surface area contributed by atoms with Gasteiger partial charge in [0.2, 0.25) is 5.69 Å². The Hall–Kier alpha value is -4.25. The number of aliphatic carboxylic acids is 2. The molecule has 0 saturated heterocycles. The van der Waals surface area contributed by atoms with Crippen molar-refractivity contribution in [2.75, 3.05) is 124 Å². The van der Waals surface area contributed by atoms with Crippen molar-refractivity contribution in [2.45, 2.75) is 51.4 Å². The summed E-state index contributed by atoms with van der Waals surface area (Å²) in [5.74, 6) is -1.75. The minimum absolute atomic E-state index is 0.0105. The third-order valence-electron chi connectivity index (χ3n) is 10.4. The summed E-state index contributed by atoms with van der Waals surface area (Å²) >= 11 is 0. The van der Waals surface area contributed by atoms with Crippen LogP contribution in [-0.2, 0) is 58.3 Å². The Morgan fingerprint density at radius 2 is 1.02 bits per heavy atom. The number of hydrogen-bond acceptors (Lipinski definition) is 11. The molecule has 14 nitrogen and oxygen atoms in total. The Morgan fingerprint density at radius 1 is 0.557 bits per heavy atom. The minimum atomic E-state index is -0.875. The Balaban J connectivity index is 1.24. The molecule has 0 radical (unpaired) electrons. The van der Waals surface area contributed by atoms with E-state index in [0.29, 0.717) is 106 Å². The maximum atomic E-state index is 10.5. The van der Waals surface area contributed by atoms with Gasteiger partial charge in [-0.2, -0.15) is 4.58 Å². The number of allylic oxidation sites excluding steroid dienone is 6. The monoisotopic (exact) mass is 851 g/mol. The molecular weight excluding hydrogens is 785 g/mol. The predicted molar refractivity (Wildman–Crippen MR) is 233 cm³/mol. The lowest BCUT2D eigenvalue weighted by Crippen LogP contribution is -2.29. The van der Waals surface area contributed by atoms with Crippen LogP contribution in [0.5, 0.6) is 0 Å². The average Bonchev–Trinajstić information content (AvgIpc) is 3.58. The van der Waals surface area contributed by atoms with Gasteiger partial charge in [0.1, 0.15) is 6.61 Å². The van der Waals surface area contributed by atoms with Crippen LogP contribution in [0.3, 0.4) is 0 Å². The number of carbonyl (C=O) groups is 2. The number of anilines is 1. The highest BCUT2D eigenvalue weighted by Crippen LogP contribution is 2.47. The highest BCUT2D eigenvalue weighted by molar-refractivity contribution is 6.03. The second-order valence-electron chi connectivity index (χ2n) is 15.5. The van der Waals surface area contributed by atoms with E-state index in [1.807, 2.05) is 0 Å². The van der Waals surface area contributed by atoms with Crippen molar-refractivity contribution in [3.8, 4) is 0 Å². The number of carboxylic acid groups (broad SMARTS) is 2. The van der Waals surface area contributed by atoms with Gasteiger partial charge in [-0.15, -0.1) is 0 Å². The van der Waals surface area contributed by atoms with Gasteiger partial charge >= 0.3 is 11.9 Å². The molecule has 0 atom stereocenters. The van der Waals surface area contributed by atoms with E-state index in [2.05, 4.69) is 116 Å². The van der Waals surface area contributed by atoms with Crippen molar-refractivity contribution in [1.29, 1.82) is 0 Å². The standard InChI is InChI=1S/C47H66N2O12/c1-46(2)38-12-8-10-14-40(38)48(20-24-56-28-32-60-36-34-58-30-26-54-22-18-44(50)51)42(46)16-6-5-7-17-43-47(3,4)39-13-9-11-15-41(39)49(43)21-25-57-29-33-61-37-35-59-31-27-55-23-19-45(52)53/h5-17H,18-37H2,1-4H3,(H-,50,51,52,53)/p+1. The maximum absolute atomic E-state index is 10.5. The topological polar surface area (TPSA) is 155 Å². The van der Waals surface area contributed by atoms with E-state index in [1.54, 1.807) is 0 Å². The summed E-state index contributed by atoms with van der Waals surface area (Å²) in [6.45, 7) is 17.1. The smallest absolute Gasteiger partial charge is 0.305 e. The Bertz CT molecular complexity index is 1770. The van der Waals surface area contributed by atoms with Crippen LogP contribution in [0, 0.1) is 0 Å². The fraction of sp³-hybridized carbons (Fsp3) is 0.553. The Labute approximate surface area is 361 Å². The number of fused-ring (bicyclic) bond motifs is 2. The lowest BCUT2D eigenvalue weighted by Gasteiger charge is -2.27. The van der Waals surface area contributed by atoms with E-state index in [-0.39, 0.29) is 36.9 Å². The summed E-state index contributed by atoms with van der Waals surface area (Å²) < 4.78 is 47.0. The summed E-state index contributed by atoms with van der Waals surface area (Å²) in [6.07, 6.45) is 10.7. The second-order valence-corrected chi connectivity index (χ2v) is 15.5. The van der Waals surface area contributed by atoms with Gasteiger partial charge < -0.3 is 53.0 Å². The van der Waals surface area contributed by atoms with E-state index in [4.69, 9.17) is 48.1 Å². The molecule has 61 heavy (non-hydrogen) atoms. The van der Waals surface area contributed by atoms with Crippen LogP contribution in [0.4, 0.5) is 11.4 Å². The van der Waals surface area contributed by atoms with Crippen molar-refractivity contribution in [1.82, 2.24) is 0 Å². The molecule has 2 aliphatic rings. The molecule has 0 aromatic heterocycles. The third-order valence-corrected chi connectivity index (χ3v) is 10.4. The SMILES string of the molecule is CC1(C)C(=CC=CC=CC2=[N+](CCOCCOCCOCCOCCC(=O)O)c3ccccc3C2(C)C)N(CCOCCOCCOCCOCCC(=O)O)c2ccccc21. The minimum Gasteiger partial charge on any atom is -0.481 e. The highest BCUT2D eigenvalue weighted by atomic mass is 16.6. The summed E-state index contributed by atoms with van der Waals surface area (Å²) in [6, 6.07) is 17.1. The molecule has 2 aromatic rings. The van der Waals surface area contributed by atoms with Gasteiger partial charge in [-0.3, -0.25) is 9.59 Å². The fourth-order valence-corrected chi connectivity index (χ4v) is 7.28. The molecule has 14 heteroatoms. The van der Waals surface area contributed by atoms with Crippen molar-refractivity contribution < 1.29 is 62.3 Å². The summed E-state index contributed by atoms with van der Waals surface area (Å²) in [4.78, 5) is 23.4. The maximum Gasteiger partial charge on any atom is 0.305 e. The van der Waals surface area contributed by atoms with E-state index < -0.39 is 11.9 Å². The van der Waals surface area contributed by atoms with E-state index >= 15 is 0 Å². The molecule has 2 heterocycles. The molecule has 0 aliphatic carbocycles. The van der Waals surface area contributed by atoms with Gasteiger partial charge in [-0.25, -0.2) is 0 Å². The van der Waals surface area contributed by atoms with Crippen molar-refractivity contribution in [3.63, 3.8) is 0 Å². The molecule has 0 fully saturated rings. The van der Waals surface area contributed by atoms with Gasteiger partial charge in [0.25, 0.3) is 0 Å². The molecule has 2 aliphatic heterocycles. The summed E-state index contributed by atoms with van der Waals surface area (Å²) in [7, 11) is 0. The number of ether oxygens (including phenoxy) is 8. The molecule has 2 N–H and O–H groups in total. The first-order valence-electron chi connectivity index (χ1n) is 21.3. The summed E-state index contributed by atoms with van der Waals surface area (Å²) in [5, 5.41) is 17.3. The molecule has 0 spiro atoms. The predicted octanol–water partition coefficient (Wildman–Crippen LogP) is 5.94. The highest BCUT2D eigenvalue weighted by Gasteiger charge is 2.44. The lowest BCUT2D eigenvalue weighted by atomic mass is 9.81. The van der Waals surface area contributed by atoms with E-state index in [9.17, 15) is 9.59 Å². The number of benzene rings is 2. The fourth-order valence-electron chi connectivity index (χ4n) is 7.28. The zero-order valence-corrected chi connectivity index (χ0v) is 36.5. The molecule has 0 saturated carbocycles. The average molecular weight is 852 g/mol. The van der Waals surface area contributed by atoms with Crippen LogP contribution < -0.4 is 4.90 Å². The van der Waals surface area contributed by atoms with Gasteiger partial charge in [0.15, 0.2) is 12.3 Å². The van der Waals surface area contributed by atoms with Gasteiger partial charge in [0, 0.05) is 41.1 Å². The molecule has 336 valence electrons. The van der Waals surface area contributed by atoms with Crippen LogP contribution in [0.1, 0.15) is 51.7 Å². The van der Waals surface area contributed by atoms with Crippen LogP contribution in [-0.4, -0.2) is 151 Å². The van der Waals surface area contributed by atoms with Crippen LogP contribution in [0.15, 0.2) is 84.6 Å². The second kappa shape index (κ2) is 26.9. The number of para-hydroxylation sites is 2. The van der Waals surface area contributed by atoms with Gasteiger partial charge in [-0.1, -0.05) is 68.5 Å². The molecule has 0 unspecified atom stereocenters. The van der Waals surface area contributed by atoms with Gasteiger partial charge in [0.05, 0.1) is 117 Å². The zero-order valence-electron chi connectivity index (χ0n) is 36.5. The first-order valence-corrected chi connectivity index (χ1v) is 21.3.